The van der Waals surface area contributed by atoms with Gasteiger partial charge in [0.1, 0.15) is 5.25 Å². The summed E-state index contributed by atoms with van der Waals surface area (Å²) in [7, 11) is -3.57. The molecule has 0 aliphatic rings. The third-order valence-corrected chi connectivity index (χ3v) is 4.29. The minimum Gasteiger partial charge on any atom is -0.500 e. The van der Waals surface area contributed by atoms with E-state index >= 15 is 0 Å². The van der Waals surface area contributed by atoms with Crippen molar-refractivity contribution >= 4 is 45.0 Å². The van der Waals surface area contributed by atoms with Crippen LogP contribution in [0.3, 0.4) is 0 Å². The van der Waals surface area contributed by atoms with Crippen molar-refractivity contribution in [2.24, 2.45) is 0 Å². The van der Waals surface area contributed by atoms with Crippen LogP contribution in [0.1, 0.15) is 19.8 Å². The number of hydrogen-bond donors (Lipinski definition) is 2. The van der Waals surface area contributed by atoms with Crippen molar-refractivity contribution < 1.29 is 27.9 Å². The van der Waals surface area contributed by atoms with E-state index in [0.717, 1.165) is 6.26 Å². The molecule has 0 aromatic heterocycles. The Balaban J connectivity index is 4.72. The van der Waals surface area contributed by atoms with E-state index in [2.05, 4.69) is 22.3 Å². The van der Waals surface area contributed by atoms with Crippen LogP contribution in [0.4, 0.5) is 0 Å². The summed E-state index contributed by atoms with van der Waals surface area (Å²) in [5, 5.41) is 9.65. The molecule has 0 spiro atoms. The number of nitrogens with one attached hydrogen (secondary N) is 1. The van der Waals surface area contributed by atoms with Gasteiger partial charge in [0.25, 0.3) is 0 Å². The molecule has 2 atom stereocenters. The number of aliphatic hydroxyl groups excluding tert-OH is 1. The van der Waals surface area contributed by atoms with E-state index in [1.807, 2.05) is 0 Å². The number of aliphatic hydroxyl groups is 1. The van der Waals surface area contributed by atoms with E-state index in [9.17, 15) is 23.1 Å². The van der Waals surface area contributed by atoms with Gasteiger partial charge in [-0.1, -0.05) is 0 Å². The molecule has 10 heteroatoms. The molecule has 0 aliphatic heterocycles. The number of thiocarbonyl (C=S) groups is 1. The Morgan fingerprint density at radius 3 is 2.45 bits per heavy atom. The molecular formula is C10H15N3O5S2. The molecule has 2 unspecified atom stereocenters. The number of Topliss-reactive ketones (excluding diaryl/α,β-unsaturated/α-hetero) is 1. The maximum atomic E-state index is 11.7. The molecule has 8 nitrogen and oxygen atoms in total. The van der Waals surface area contributed by atoms with Crippen molar-refractivity contribution in [1.82, 2.24) is 5.32 Å². The largest absolute Gasteiger partial charge is 0.500 e. The zero-order valence-electron chi connectivity index (χ0n) is 10.9. The van der Waals surface area contributed by atoms with Crippen molar-refractivity contribution in [2.75, 3.05) is 6.26 Å². The van der Waals surface area contributed by atoms with E-state index in [-0.39, 0.29) is 12.8 Å². The second-order valence-corrected chi connectivity index (χ2v) is 6.91. The van der Waals surface area contributed by atoms with Crippen LogP contribution in [0.15, 0.2) is 0 Å². The van der Waals surface area contributed by atoms with Gasteiger partial charge in [-0.3, -0.25) is 9.59 Å². The summed E-state index contributed by atoms with van der Waals surface area (Å²) in [4.78, 5) is 25.3. The molecule has 1 amide bonds. The number of hydrogen-bond acceptors (Lipinski definition) is 5. The minimum absolute atomic E-state index is 0.0393. The Morgan fingerprint density at radius 2 is 2.05 bits per heavy atom. The third kappa shape index (κ3) is 6.50. The highest BCUT2D eigenvalue weighted by Crippen LogP contribution is 2.03. The molecule has 0 aromatic rings. The first-order valence-corrected chi connectivity index (χ1v) is 7.88. The number of nitrogens with zero attached hydrogens (tertiary/aromatic N) is 2. The second-order valence-electron chi connectivity index (χ2n) is 4.12. The summed E-state index contributed by atoms with van der Waals surface area (Å²) < 4.78 is 22.4. The van der Waals surface area contributed by atoms with Crippen LogP contribution in [0.2, 0.25) is 0 Å². The average molecular weight is 321 g/mol. The first kappa shape index (κ1) is 18.4. The molecule has 0 saturated heterocycles. The zero-order chi connectivity index (χ0) is 15.9. The fraction of sp³-hybridized carbons (Fsp3) is 0.600. The smallest absolute Gasteiger partial charge is 0.323 e. The molecule has 0 aliphatic carbocycles. The van der Waals surface area contributed by atoms with Crippen LogP contribution < -0.4 is 5.32 Å². The van der Waals surface area contributed by atoms with E-state index in [1.165, 1.54) is 6.92 Å². The lowest BCUT2D eigenvalue weighted by atomic mass is 10.1. The number of amides is 1. The Labute approximate surface area is 121 Å². The van der Waals surface area contributed by atoms with Crippen molar-refractivity contribution in [2.45, 2.75) is 31.1 Å². The summed E-state index contributed by atoms with van der Waals surface area (Å²) in [5.74, 6) is -1.35. The molecule has 0 radical (unpaired) electrons. The predicted molar refractivity (Wildman–Crippen MR) is 75.4 cm³/mol. The first-order valence-electron chi connectivity index (χ1n) is 5.52. The normalized spacial score (nSPS) is 13.7. The predicted octanol–water partition coefficient (Wildman–Crippen LogP) is -0.560. The molecule has 0 heterocycles. The number of rotatable bonds is 8. The Morgan fingerprint density at radius 1 is 1.50 bits per heavy atom. The number of sulfone groups is 1. The molecule has 0 aromatic carbocycles. The minimum atomic E-state index is -3.57. The van der Waals surface area contributed by atoms with E-state index < -0.39 is 37.9 Å². The number of ketones is 1. The molecule has 0 saturated carbocycles. The molecule has 20 heavy (non-hydrogen) atoms. The monoisotopic (exact) mass is 321 g/mol. The number of carbonyl (C=O) groups excluding carboxylic acids is 2. The van der Waals surface area contributed by atoms with Crippen LogP contribution in [-0.4, -0.2) is 58.8 Å². The maximum absolute atomic E-state index is 11.7. The van der Waals surface area contributed by atoms with Crippen LogP contribution in [0.5, 0.6) is 0 Å². The quantitative estimate of drug-likeness (QED) is 0.266. The van der Waals surface area contributed by atoms with Crippen LogP contribution >= 0.6 is 12.2 Å². The van der Waals surface area contributed by atoms with Crippen LogP contribution in [-0.2, 0) is 19.4 Å². The van der Waals surface area contributed by atoms with E-state index in [4.69, 9.17) is 5.53 Å². The van der Waals surface area contributed by atoms with Crippen LogP contribution in [0, 0.1) is 0 Å². The van der Waals surface area contributed by atoms with Crippen molar-refractivity contribution in [3.63, 3.8) is 0 Å². The summed E-state index contributed by atoms with van der Waals surface area (Å²) in [6, 6.07) is -1.03. The van der Waals surface area contributed by atoms with Gasteiger partial charge in [-0.15, -0.1) is 0 Å². The lowest BCUT2D eigenvalue weighted by molar-refractivity contribution is -0.121. The standard InChI is InChI=1S/C10H15N3O5S2/c1-6(20(2,17)18)9(15)13-8(10(16)19)4-3-7(14)5-12-11/h5-6,8H,3-4H2,1-2H3,(H,13,15)(H,16,19). The average Bonchev–Trinajstić information content (AvgIpc) is 2.31. The summed E-state index contributed by atoms with van der Waals surface area (Å²) in [6.45, 7) is 1.20. The van der Waals surface area contributed by atoms with Gasteiger partial charge in [0.2, 0.25) is 11.7 Å². The van der Waals surface area contributed by atoms with Gasteiger partial charge in [-0.05, 0) is 25.6 Å². The van der Waals surface area contributed by atoms with E-state index in [1.54, 1.807) is 0 Å². The number of carbonyl (C=O) groups is 2. The molecule has 0 fully saturated rings. The van der Waals surface area contributed by atoms with Gasteiger partial charge < -0.3 is 16.0 Å². The molecular weight excluding hydrogens is 306 g/mol. The molecule has 0 bridgehead atoms. The van der Waals surface area contributed by atoms with Gasteiger partial charge in [0.05, 0.1) is 6.04 Å². The highest BCUT2D eigenvalue weighted by Gasteiger charge is 2.27. The fourth-order valence-electron chi connectivity index (χ4n) is 1.16. The van der Waals surface area contributed by atoms with Crippen molar-refractivity contribution in [3.05, 3.63) is 5.53 Å². The topological polar surface area (TPSA) is 137 Å². The Kier molecular flexibility index (Phi) is 7.19. The van der Waals surface area contributed by atoms with Crippen molar-refractivity contribution in [1.29, 1.82) is 0 Å². The lowest BCUT2D eigenvalue weighted by Gasteiger charge is -2.17. The first-order chi connectivity index (χ1) is 9.09. The van der Waals surface area contributed by atoms with Crippen LogP contribution in [0.25, 0.3) is 5.53 Å². The Hall–Kier alpha value is -1.64. The van der Waals surface area contributed by atoms with Gasteiger partial charge in [0, 0.05) is 12.7 Å². The Bertz CT molecular complexity index is 551. The lowest BCUT2D eigenvalue weighted by Crippen LogP contribution is -2.46. The molecule has 2 N–H and O–H groups in total. The zero-order valence-corrected chi connectivity index (χ0v) is 12.6. The summed E-state index contributed by atoms with van der Waals surface area (Å²) in [6.07, 6.45) is 1.41. The SMILES string of the molecule is CC(C(=O)NC(CCC(=O)C=[N+]=[N-])C(O)=S)S(C)(=O)=O. The maximum Gasteiger partial charge on any atom is 0.323 e. The van der Waals surface area contributed by atoms with Gasteiger partial charge in [0.15, 0.2) is 14.9 Å². The fourth-order valence-corrected chi connectivity index (χ4v) is 1.79. The molecule has 0 rings (SSSR count). The third-order valence-electron chi connectivity index (χ3n) is 2.51. The van der Waals surface area contributed by atoms with E-state index in [0.29, 0.717) is 6.21 Å². The summed E-state index contributed by atoms with van der Waals surface area (Å²) >= 11 is 4.53. The van der Waals surface area contributed by atoms with Gasteiger partial charge in [-0.2, -0.15) is 4.79 Å². The second kappa shape index (κ2) is 7.83. The highest BCUT2D eigenvalue weighted by molar-refractivity contribution is 7.92. The van der Waals surface area contributed by atoms with Gasteiger partial charge in [-0.25, -0.2) is 8.42 Å². The molecule has 112 valence electrons. The van der Waals surface area contributed by atoms with Gasteiger partial charge >= 0.3 is 6.21 Å². The highest BCUT2D eigenvalue weighted by atomic mass is 32.2. The van der Waals surface area contributed by atoms with Crippen molar-refractivity contribution in [3.8, 4) is 0 Å². The summed E-state index contributed by atoms with van der Waals surface area (Å²) in [5.41, 5.74) is 8.16.